The quantitative estimate of drug-likeness (QED) is 0.771. The number of piperidine rings is 1. The standard InChI is InChI=1S/C14H22N2O/c1-11-9-16(13(3)12(11)2)10-14(17)15-7-5-4-6-8-15/h9H,4-8,10H2,1-3H3. The van der Waals surface area contributed by atoms with Crippen molar-refractivity contribution in [2.75, 3.05) is 13.1 Å². The number of aryl methyl sites for hydroxylation is 1. The first-order valence-corrected chi connectivity index (χ1v) is 6.50. The fraction of sp³-hybridized carbons (Fsp3) is 0.643. The van der Waals surface area contributed by atoms with E-state index < -0.39 is 0 Å². The number of aromatic nitrogens is 1. The molecule has 0 aromatic carbocycles. The van der Waals surface area contributed by atoms with Gasteiger partial charge in [0, 0.05) is 25.0 Å². The Kier molecular flexibility index (Phi) is 3.55. The van der Waals surface area contributed by atoms with Crippen LogP contribution in [0.15, 0.2) is 6.20 Å². The van der Waals surface area contributed by atoms with Crippen LogP contribution in [-0.2, 0) is 11.3 Å². The van der Waals surface area contributed by atoms with Gasteiger partial charge in [-0.25, -0.2) is 0 Å². The Hall–Kier alpha value is -1.25. The summed E-state index contributed by atoms with van der Waals surface area (Å²) in [6.45, 7) is 8.69. The molecule has 1 aliphatic rings. The van der Waals surface area contributed by atoms with Crippen LogP contribution in [0.3, 0.4) is 0 Å². The van der Waals surface area contributed by atoms with E-state index >= 15 is 0 Å². The molecular formula is C14H22N2O. The molecule has 0 spiro atoms. The molecule has 2 rings (SSSR count). The number of nitrogens with zero attached hydrogens (tertiary/aromatic N) is 2. The van der Waals surface area contributed by atoms with E-state index in [9.17, 15) is 4.79 Å². The van der Waals surface area contributed by atoms with Gasteiger partial charge in [0.1, 0.15) is 6.54 Å². The summed E-state index contributed by atoms with van der Waals surface area (Å²) in [7, 11) is 0. The Bertz CT molecular complexity index is 414. The van der Waals surface area contributed by atoms with Crippen molar-refractivity contribution in [2.45, 2.75) is 46.6 Å². The first-order valence-electron chi connectivity index (χ1n) is 6.50. The Labute approximate surface area is 103 Å². The molecular weight excluding hydrogens is 212 g/mol. The molecule has 1 saturated heterocycles. The molecule has 0 aliphatic carbocycles. The molecule has 0 atom stereocenters. The third-order valence-corrected chi connectivity index (χ3v) is 3.93. The molecule has 3 nitrogen and oxygen atoms in total. The van der Waals surface area contributed by atoms with E-state index in [-0.39, 0.29) is 5.91 Å². The van der Waals surface area contributed by atoms with Crippen molar-refractivity contribution < 1.29 is 4.79 Å². The summed E-state index contributed by atoms with van der Waals surface area (Å²) < 4.78 is 2.08. The predicted octanol–water partition coefficient (Wildman–Crippen LogP) is 2.43. The highest BCUT2D eigenvalue weighted by Crippen LogP contribution is 2.15. The molecule has 0 N–H and O–H groups in total. The van der Waals surface area contributed by atoms with Gasteiger partial charge in [-0.2, -0.15) is 0 Å². The molecule has 2 heterocycles. The van der Waals surface area contributed by atoms with Crippen molar-refractivity contribution in [1.82, 2.24) is 9.47 Å². The van der Waals surface area contributed by atoms with Crippen LogP contribution in [0.25, 0.3) is 0 Å². The van der Waals surface area contributed by atoms with Gasteiger partial charge < -0.3 is 9.47 Å². The number of carbonyl (C=O) groups excluding carboxylic acids is 1. The van der Waals surface area contributed by atoms with Crippen molar-refractivity contribution in [2.24, 2.45) is 0 Å². The topological polar surface area (TPSA) is 25.2 Å². The first kappa shape index (κ1) is 12.2. The fourth-order valence-corrected chi connectivity index (χ4v) is 2.48. The lowest BCUT2D eigenvalue weighted by Gasteiger charge is -2.27. The summed E-state index contributed by atoms with van der Waals surface area (Å²) in [5, 5.41) is 0. The largest absolute Gasteiger partial charge is 0.342 e. The van der Waals surface area contributed by atoms with Crippen molar-refractivity contribution in [3.8, 4) is 0 Å². The van der Waals surface area contributed by atoms with Crippen molar-refractivity contribution in [3.05, 3.63) is 23.0 Å². The zero-order chi connectivity index (χ0) is 12.4. The molecule has 0 bridgehead atoms. The molecule has 94 valence electrons. The highest BCUT2D eigenvalue weighted by Gasteiger charge is 2.17. The second-order valence-electron chi connectivity index (χ2n) is 5.09. The van der Waals surface area contributed by atoms with Crippen LogP contribution in [0.4, 0.5) is 0 Å². The normalized spacial score (nSPS) is 16.3. The Balaban J connectivity index is 2.04. The minimum atomic E-state index is 0.266. The van der Waals surface area contributed by atoms with Gasteiger partial charge in [-0.15, -0.1) is 0 Å². The van der Waals surface area contributed by atoms with Crippen molar-refractivity contribution in [1.29, 1.82) is 0 Å². The zero-order valence-electron chi connectivity index (χ0n) is 11.1. The third-order valence-electron chi connectivity index (χ3n) is 3.93. The van der Waals surface area contributed by atoms with Crippen molar-refractivity contribution in [3.63, 3.8) is 0 Å². The Morgan fingerprint density at radius 3 is 2.35 bits per heavy atom. The number of carbonyl (C=O) groups is 1. The molecule has 1 aliphatic heterocycles. The number of rotatable bonds is 2. The summed E-state index contributed by atoms with van der Waals surface area (Å²) in [5.74, 6) is 0.266. The van der Waals surface area contributed by atoms with E-state index in [0.29, 0.717) is 6.54 Å². The predicted molar refractivity (Wildman–Crippen MR) is 69.1 cm³/mol. The monoisotopic (exact) mass is 234 g/mol. The van der Waals surface area contributed by atoms with Crippen LogP contribution < -0.4 is 0 Å². The van der Waals surface area contributed by atoms with Crippen LogP contribution in [-0.4, -0.2) is 28.5 Å². The van der Waals surface area contributed by atoms with E-state index in [2.05, 4.69) is 31.5 Å². The molecule has 0 radical (unpaired) electrons. The van der Waals surface area contributed by atoms with Gasteiger partial charge in [0.15, 0.2) is 0 Å². The lowest BCUT2D eigenvalue weighted by atomic mass is 10.1. The molecule has 17 heavy (non-hydrogen) atoms. The van der Waals surface area contributed by atoms with Crippen LogP contribution in [0, 0.1) is 20.8 Å². The van der Waals surface area contributed by atoms with E-state index in [1.54, 1.807) is 0 Å². The molecule has 1 fully saturated rings. The average molecular weight is 234 g/mol. The van der Waals surface area contributed by atoms with Gasteiger partial charge in [-0.3, -0.25) is 4.79 Å². The van der Waals surface area contributed by atoms with E-state index in [1.807, 2.05) is 4.90 Å². The molecule has 1 amide bonds. The maximum atomic E-state index is 12.1. The smallest absolute Gasteiger partial charge is 0.242 e. The van der Waals surface area contributed by atoms with Gasteiger partial charge in [0.2, 0.25) is 5.91 Å². The SMILES string of the molecule is Cc1cn(CC(=O)N2CCCCC2)c(C)c1C. The zero-order valence-corrected chi connectivity index (χ0v) is 11.1. The van der Waals surface area contributed by atoms with Crippen LogP contribution in [0.1, 0.15) is 36.1 Å². The van der Waals surface area contributed by atoms with E-state index in [0.717, 1.165) is 25.9 Å². The summed E-state index contributed by atoms with van der Waals surface area (Å²) in [4.78, 5) is 14.2. The molecule has 0 unspecified atom stereocenters. The fourth-order valence-electron chi connectivity index (χ4n) is 2.48. The maximum Gasteiger partial charge on any atom is 0.242 e. The van der Waals surface area contributed by atoms with Crippen LogP contribution in [0.2, 0.25) is 0 Å². The lowest BCUT2D eigenvalue weighted by molar-refractivity contribution is -0.132. The number of amides is 1. The van der Waals surface area contributed by atoms with E-state index in [1.165, 1.54) is 23.2 Å². The summed E-state index contributed by atoms with van der Waals surface area (Å²) >= 11 is 0. The average Bonchev–Trinajstić information content (AvgIpc) is 2.58. The van der Waals surface area contributed by atoms with Gasteiger partial charge in [0.05, 0.1) is 0 Å². The molecule has 1 aromatic heterocycles. The highest BCUT2D eigenvalue weighted by atomic mass is 16.2. The second kappa shape index (κ2) is 4.94. The van der Waals surface area contributed by atoms with Gasteiger partial charge in [0.25, 0.3) is 0 Å². The maximum absolute atomic E-state index is 12.1. The lowest BCUT2D eigenvalue weighted by Crippen LogP contribution is -2.37. The van der Waals surface area contributed by atoms with Crippen molar-refractivity contribution >= 4 is 5.91 Å². The second-order valence-corrected chi connectivity index (χ2v) is 5.09. The van der Waals surface area contributed by atoms with Gasteiger partial charge in [-0.1, -0.05) is 0 Å². The first-order chi connectivity index (χ1) is 8.09. The number of hydrogen-bond acceptors (Lipinski definition) is 1. The number of hydrogen-bond donors (Lipinski definition) is 0. The van der Waals surface area contributed by atoms with Crippen LogP contribution >= 0.6 is 0 Å². The van der Waals surface area contributed by atoms with Crippen LogP contribution in [0.5, 0.6) is 0 Å². The number of likely N-dealkylation sites (tertiary alicyclic amines) is 1. The molecule has 3 heteroatoms. The minimum absolute atomic E-state index is 0.266. The van der Waals surface area contributed by atoms with Gasteiger partial charge in [-0.05, 0) is 51.2 Å². The summed E-state index contributed by atoms with van der Waals surface area (Å²) in [6, 6.07) is 0. The summed E-state index contributed by atoms with van der Waals surface area (Å²) in [6.07, 6.45) is 5.68. The third kappa shape index (κ3) is 2.54. The van der Waals surface area contributed by atoms with E-state index in [4.69, 9.17) is 0 Å². The Morgan fingerprint density at radius 2 is 1.82 bits per heavy atom. The molecule has 1 aromatic rings. The Morgan fingerprint density at radius 1 is 1.18 bits per heavy atom. The minimum Gasteiger partial charge on any atom is -0.342 e. The summed E-state index contributed by atoms with van der Waals surface area (Å²) in [5.41, 5.74) is 3.79. The van der Waals surface area contributed by atoms with Gasteiger partial charge >= 0.3 is 0 Å². The molecule has 0 saturated carbocycles. The highest BCUT2D eigenvalue weighted by molar-refractivity contribution is 5.76.